The summed E-state index contributed by atoms with van der Waals surface area (Å²) in [6.45, 7) is 6.26. The lowest BCUT2D eigenvalue weighted by Gasteiger charge is -2.23. The highest BCUT2D eigenvalue weighted by Gasteiger charge is 2.08. The van der Waals surface area contributed by atoms with Gasteiger partial charge in [0, 0.05) is 40.2 Å². The molecule has 0 aliphatic rings. The zero-order chi connectivity index (χ0) is 16.4. The minimum Gasteiger partial charge on any atom is -0.356 e. The van der Waals surface area contributed by atoms with E-state index >= 15 is 0 Å². The van der Waals surface area contributed by atoms with Gasteiger partial charge >= 0.3 is 0 Å². The largest absolute Gasteiger partial charge is 0.356 e. The Labute approximate surface area is 133 Å². The molecule has 0 aliphatic heterocycles. The summed E-state index contributed by atoms with van der Waals surface area (Å²) in [7, 11) is 3.76. The molecule has 0 saturated heterocycles. The Hall–Kier alpha value is -2.04. The molecule has 0 fully saturated rings. The zero-order valence-electron chi connectivity index (χ0n) is 14.1. The number of nitrogens with one attached hydrogen (secondary N) is 2. The van der Waals surface area contributed by atoms with Crippen LogP contribution in [-0.2, 0) is 11.3 Å². The standard InChI is InChI=1S/C17H28N4O/c1-5-11-19-16(22)10-12-20-17(18-3)21(4)13-15-9-7-6-8-14(15)2/h6-9H,5,10-13H2,1-4H3,(H,18,20)(H,19,22). The van der Waals surface area contributed by atoms with E-state index in [0.29, 0.717) is 13.0 Å². The smallest absolute Gasteiger partial charge is 0.221 e. The molecule has 0 radical (unpaired) electrons. The number of amides is 1. The number of aliphatic imine (C=N–C) groups is 1. The summed E-state index contributed by atoms with van der Waals surface area (Å²) in [5.74, 6) is 0.873. The maximum absolute atomic E-state index is 11.6. The van der Waals surface area contributed by atoms with E-state index < -0.39 is 0 Å². The number of hydrogen-bond donors (Lipinski definition) is 2. The van der Waals surface area contributed by atoms with Crippen LogP contribution in [0.4, 0.5) is 0 Å². The number of benzene rings is 1. The molecule has 5 heteroatoms. The first-order valence-electron chi connectivity index (χ1n) is 7.81. The van der Waals surface area contributed by atoms with Gasteiger partial charge in [0.05, 0.1) is 0 Å². The van der Waals surface area contributed by atoms with Crippen molar-refractivity contribution >= 4 is 11.9 Å². The van der Waals surface area contributed by atoms with E-state index in [9.17, 15) is 4.79 Å². The topological polar surface area (TPSA) is 56.7 Å². The van der Waals surface area contributed by atoms with E-state index in [1.165, 1.54) is 11.1 Å². The molecule has 1 aromatic carbocycles. The minimum atomic E-state index is 0.0753. The van der Waals surface area contributed by atoms with Crippen LogP contribution >= 0.6 is 0 Å². The van der Waals surface area contributed by atoms with Gasteiger partial charge in [0.2, 0.25) is 5.91 Å². The van der Waals surface area contributed by atoms with Crippen LogP contribution in [0.1, 0.15) is 30.9 Å². The molecule has 1 rings (SSSR count). The predicted molar refractivity (Wildman–Crippen MR) is 91.9 cm³/mol. The Kier molecular flexibility index (Phi) is 8.04. The summed E-state index contributed by atoms with van der Waals surface area (Å²) in [6, 6.07) is 8.32. The highest BCUT2D eigenvalue weighted by molar-refractivity contribution is 5.81. The van der Waals surface area contributed by atoms with Gasteiger partial charge in [0.15, 0.2) is 5.96 Å². The molecule has 5 nitrogen and oxygen atoms in total. The van der Waals surface area contributed by atoms with E-state index in [2.05, 4.69) is 39.6 Å². The normalized spacial score (nSPS) is 11.2. The van der Waals surface area contributed by atoms with Crippen molar-refractivity contribution in [1.82, 2.24) is 15.5 Å². The lowest BCUT2D eigenvalue weighted by Crippen LogP contribution is -2.40. The van der Waals surface area contributed by atoms with Crippen molar-refractivity contribution < 1.29 is 4.79 Å². The number of guanidine groups is 1. The molecular formula is C17H28N4O. The van der Waals surface area contributed by atoms with Crippen LogP contribution in [0.2, 0.25) is 0 Å². The summed E-state index contributed by atoms with van der Waals surface area (Å²) in [4.78, 5) is 17.9. The summed E-state index contributed by atoms with van der Waals surface area (Å²) >= 11 is 0. The molecule has 0 unspecified atom stereocenters. The molecule has 0 heterocycles. The van der Waals surface area contributed by atoms with Crippen molar-refractivity contribution in [1.29, 1.82) is 0 Å². The second kappa shape index (κ2) is 9.82. The molecular weight excluding hydrogens is 276 g/mol. The molecule has 0 aliphatic carbocycles. The summed E-state index contributed by atoms with van der Waals surface area (Å²) < 4.78 is 0. The third-order valence-electron chi connectivity index (χ3n) is 3.45. The van der Waals surface area contributed by atoms with Crippen molar-refractivity contribution in [3.8, 4) is 0 Å². The molecule has 0 spiro atoms. The predicted octanol–water partition coefficient (Wildman–Crippen LogP) is 1.92. The maximum Gasteiger partial charge on any atom is 0.221 e. The van der Waals surface area contributed by atoms with Crippen LogP contribution in [0, 0.1) is 6.92 Å². The zero-order valence-corrected chi connectivity index (χ0v) is 14.1. The van der Waals surface area contributed by atoms with E-state index in [1.807, 2.05) is 26.1 Å². The molecule has 0 aromatic heterocycles. The van der Waals surface area contributed by atoms with Gasteiger partial charge in [-0.2, -0.15) is 0 Å². The third-order valence-corrected chi connectivity index (χ3v) is 3.45. The van der Waals surface area contributed by atoms with Crippen molar-refractivity contribution in [2.45, 2.75) is 33.2 Å². The minimum absolute atomic E-state index is 0.0753. The molecule has 2 N–H and O–H groups in total. The van der Waals surface area contributed by atoms with Gasteiger partial charge in [-0.05, 0) is 24.5 Å². The van der Waals surface area contributed by atoms with Crippen LogP contribution in [0.25, 0.3) is 0 Å². The number of carbonyl (C=O) groups is 1. The van der Waals surface area contributed by atoms with Crippen LogP contribution in [0.5, 0.6) is 0 Å². The SMILES string of the molecule is CCCNC(=O)CCNC(=NC)N(C)Cc1ccccc1C. The van der Waals surface area contributed by atoms with Crippen molar-refractivity contribution in [3.63, 3.8) is 0 Å². The average Bonchev–Trinajstić information content (AvgIpc) is 2.51. The van der Waals surface area contributed by atoms with Crippen LogP contribution in [-0.4, -0.2) is 44.0 Å². The molecule has 1 aromatic rings. The first-order chi connectivity index (χ1) is 10.6. The Bertz CT molecular complexity index is 499. The van der Waals surface area contributed by atoms with Crippen LogP contribution < -0.4 is 10.6 Å². The number of aryl methyl sites for hydroxylation is 1. The highest BCUT2D eigenvalue weighted by Crippen LogP contribution is 2.09. The third kappa shape index (κ3) is 6.16. The lowest BCUT2D eigenvalue weighted by molar-refractivity contribution is -0.120. The van der Waals surface area contributed by atoms with Gasteiger partial charge < -0.3 is 15.5 Å². The summed E-state index contributed by atoms with van der Waals surface area (Å²) in [5, 5.41) is 6.10. The van der Waals surface area contributed by atoms with Crippen molar-refractivity contribution in [2.75, 3.05) is 27.2 Å². The van der Waals surface area contributed by atoms with Gasteiger partial charge in [-0.25, -0.2) is 0 Å². The van der Waals surface area contributed by atoms with Crippen molar-refractivity contribution in [3.05, 3.63) is 35.4 Å². The molecule has 0 atom stereocenters. The number of carbonyl (C=O) groups excluding carboxylic acids is 1. The molecule has 1 amide bonds. The summed E-state index contributed by atoms with van der Waals surface area (Å²) in [5.41, 5.74) is 2.54. The van der Waals surface area contributed by atoms with E-state index in [0.717, 1.165) is 25.5 Å². The quantitative estimate of drug-likeness (QED) is 0.598. The van der Waals surface area contributed by atoms with E-state index in [1.54, 1.807) is 7.05 Å². The highest BCUT2D eigenvalue weighted by atomic mass is 16.1. The van der Waals surface area contributed by atoms with E-state index in [4.69, 9.17) is 0 Å². The fourth-order valence-corrected chi connectivity index (χ4v) is 2.14. The number of nitrogens with zero attached hydrogens (tertiary/aromatic N) is 2. The maximum atomic E-state index is 11.6. The molecule has 22 heavy (non-hydrogen) atoms. The van der Waals surface area contributed by atoms with Gasteiger partial charge in [0.1, 0.15) is 0 Å². The molecule has 122 valence electrons. The van der Waals surface area contributed by atoms with Crippen LogP contribution in [0.3, 0.4) is 0 Å². The molecule has 0 saturated carbocycles. The fourth-order valence-electron chi connectivity index (χ4n) is 2.14. The van der Waals surface area contributed by atoms with Gasteiger partial charge in [-0.1, -0.05) is 31.2 Å². The first-order valence-corrected chi connectivity index (χ1v) is 7.81. The van der Waals surface area contributed by atoms with Gasteiger partial charge in [0.25, 0.3) is 0 Å². The number of hydrogen-bond acceptors (Lipinski definition) is 2. The number of rotatable bonds is 7. The Morgan fingerprint density at radius 1 is 1.23 bits per heavy atom. The van der Waals surface area contributed by atoms with Gasteiger partial charge in [-0.15, -0.1) is 0 Å². The molecule has 0 bridgehead atoms. The fraction of sp³-hybridized carbons (Fsp3) is 0.529. The average molecular weight is 304 g/mol. The second-order valence-corrected chi connectivity index (χ2v) is 5.36. The first kappa shape index (κ1) is 18.0. The Morgan fingerprint density at radius 2 is 1.95 bits per heavy atom. The van der Waals surface area contributed by atoms with Gasteiger partial charge in [-0.3, -0.25) is 9.79 Å². The Morgan fingerprint density at radius 3 is 2.59 bits per heavy atom. The van der Waals surface area contributed by atoms with Crippen molar-refractivity contribution in [2.24, 2.45) is 4.99 Å². The van der Waals surface area contributed by atoms with E-state index in [-0.39, 0.29) is 5.91 Å². The summed E-state index contributed by atoms with van der Waals surface area (Å²) in [6.07, 6.45) is 1.41. The van der Waals surface area contributed by atoms with Crippen LogP contribution in [0.15, 0.2) is 29.3 Å². The lowest BCUT2D eigenvalue weighted by atomic mass is 10.1. The second-order valence-electron chi connectivity index (χ2n) is 5.36. The monoisotopic (exact) mass is 304 g/mol. The Balaban J connectivity index is 2.44.